The van der Waals surface area contributed by atoms with Crippen LogP contribution >= 0.6 is 0 Å². The smallest absolute Gasteiger partial charge is 0.116 e. The van der Waals surface area contributed by atoms with Gasteiger partial charge < -0.3 is 0 Å². The molecule has 0 spiro atoms. The Labute approximate surface area is 54.2 Å². The third kappa shape index (κ3) is 1.76. The lowest BCUT2D eigenvalue weighted by Gasteiger charge is -2.09. The highest BCUT2D eigenvalue weighted by atomic mass is 15.0. The second-order valence-electron chi connectivity index (χ2n) is 2.44. The summed E-state index contributed by atoms with van der Waals surface area (Å²) in [6, 6.07) is 0. The third-order valence-electron chi connectivity index (χ3n) is 0.981. The second-order valence-corrected chi connectivity index (χ2v) is 2.44. The molecule has 0 aliphatic carbocycles. The van der Waals surface area contributed by atoms with Gasteiger partial charge in [0.25, 0.3) is 0 Å². The zero-order valence-electron chi connectivity index (χ0n) is 5.57. The molecule has 0 unspecified atom stereocenters. The zero-order chi connectivity index (χ0) is 6.74. The van der Waals surface area contributed by atoms with E-state index in [-0.39, 0.29) is 5.54 Å². The highest BCUT2D eigenvalue weighted by Crippen LogP contribution is 2.04. The van der Waals surface area contributed by atoms with Crippen LogP contribution in [0.4, 0.5) is 0 Å². The van der Waals surface area contributed by atoms with Crippen LogP contribution in [0.3, 0.4) is 0 Å². The van der Waals surface area contributed by atoms with E-state index in [9.17, 15) is 0 Å². The molecule has 9 heavy (non-hydrogen) atoms. The van der Waals surface area contributed by atoms with Gasteiger partial charge in [-0.1, -0.05) is 0 Å². The summed E-state index contributed by atoms with van der Waals surface area (Å²) in [5.74, 6) is 0. The van der Waals surface area contributed by atoms with Crippen LogP contribution in [0.15, 0.2) is 15.0 Å². The van der Waals surface area contributed by atoms with Crippen LogP contribution in [0, 0.1) is 0 Å². The van der Waals surface area contributed by atoms with Crippen LogP contribution in [0.2, 0.25) is 0 Å². The lowest BCUT2D eigenvalue weighted by Crippen LogP contribution is -2.17. The third-order valence-corrected chi connectivity index (χ3v) is 0.981. The van der Waals surface area contributed by atoms with Gasteiger partial charge in [0.2, 0.25) is 0 Å². The number of nitrogens with zero attached hydrogens (tertiary/aromatic N) is 3. The van der Waals surface area contributed by atoms with Crippen molar-refractivity contribution in [3.05, 3.63) is 0 Å². The summed E-state index contributed by atoms with van der Waals surface area (Å²) in [4.78, 5) is 11.7. The summed E-state index contributed by atoms with van der Waals surface area (Å²) in [6.45, 7) is 3.95. The molecule has 0 saturated heterocycles. The highest BCUT2D eigenvalue weighted by Gasteiger charge is 2.10. The summed E-state index contributed by atoms with van der Waals surface area (Å²) in [6.07, 6.45) is 4.77. The normalized spacial score (nSPS) is 22.0. The Bertz CT molecular complexity index is 159. The molecule has 3 heteroatoms. The molecule has 0 radical (unpaired) electrons. The molecule has 0 atom stereocenters. The fraction of sp³-hybridized carbons (Fsp3) is 0.500. The van der Waals surface area contributed by atoms with Gasteiger partial charge in [-0.05, 0) is 13.8 Å². The first-order valence-electron chi connectivity index (χ1n) is 2.80. The largest absolute Gasteiger partial charge is 0.262 e. The first kappa shape index (κ1) is 6.13. The average molecular weight is 123 g/mol. The van der Waals surface area contributed by atoms with E-state index >= 15 is 0 Å². The summed E-state index contributed by atoms with van der Waals surface area (Å²) in [7, 11) is 0. The van der Waals surface area contributed by atoms with Crippen molar-refractivity contribution in [2.45, 2.75) is 19.4 Å². The predicted octanol–water partition coefficient (Wildman–Crippen LogP) is 0.906. The van der Waals surface area contributed by atoms with E-state index in [0.29, 0.717) is 0 Å². The number of hydrogen-bond acceptors (Lipinski definition) is 3. The first-order valence-corrected chi connectivity index (χ1v) is 2.80. The maximum atomic E-state index is 4.08. The lowest BCUT2D eigenvalue weighted by molar-refractivity contribution is 0.722. The summed E-state index contributed by atoms with van der Waals surface area (Å²) >= 11 is 0. The molecule has 3 nitrogen and oxygen atoms in total. The SMILES string of the molecule is CC1(C)C=NC=NC=N1. The second kappa shape index (κ2) is 2.09. The van der Waals surface area contributed by atoms with Crippen LogP contribution in [-0.2, 0) is 0 Å². The Kier molecular flexibility index (Phi) is 1.42. The highest BCUT2D eigenvalue weighted by molar-refractivity contribution is 5.85. The molecule has 0 saturated carbocycles. The Hall–Kier alpha value is -0.990. The van der Waals surface area contributed by atoms with E-state index < -0.39 is 0 Å². The van der Waals surface area contributed by atoms with Crippen LogP contribution in [-0.4, -0.2) is 24.4 Å². The first-order chi connectivity index (χ1) is 4.21. The minimum atomic E-state index is -0.184. The van der Waals surface area contributed by atoms with Gasteiger partial charge in [-0.2, -0.15) is 0 Å². The van der Waals surface area contributed by atoms with Crippen molar-refractivity contribution in [2.75, 3.05) is 0 Å². The molecule has 1 aliphatic heterocycles. The number of rotatable bonds is 0. The van der Waals surface area contributed by atoms with Gasteiger partial charge in [-0.3, -0.25) is 4.99 Å². The Morgan fingerprint density at radius 2 is 1.89 bits per heavy atom. The van der Waals surface area contributed by atoms with E-state index in [4.69, 9.17) is 0 Å². The van der Waals surface area contributed by atoms with Crippen molar-refractivity contribution < 1.29 is 0 Å². The molecule has 0 N–H and O–H groups in total. The monoisotopic (exact) mass is 123 g/mol. The average Bonchev–Trinajstić information content (AvgIpc) is 1.92. The van der Waals surface area contributed by atoms with Crippen molar-refractivity contribution in [1.29, 1.82) is 0 Å². The molecule has 0 aromatic rings. The summed E-state index contributed by atoms with van der Waals surface area (Å²) in [5, 5.41) is 0. The molecular formula is C6H9N3. The van der Waals surface area contributed by atoms with Crippen molar-refractivity contribution in [3.8, 4) is 0 Å². The number of aliphatic imine (C=N–C) groups is 3. The maximum Gasteiger partial charge on any atom is 0.116 e. The van der Waals surface area contributed by atoms with E-state index in [1.54, 1.807) is 6.21 Å². The van der Waals surface area contributed by atoms with Gasteiger partial charge in [0.05, 0.1) is 5.54 Å². The van der Waals surface area contributed by atoms with E-state index in [0.717, 1.165) is 0 Å². The maximum absolute atomic E-state index is 4.08. The standard InChI is InChI=1S/C6H9N3/c1-6(2)3-7-4-8-5-9-6/h3-5H,1-2H3. The van der Waals surface area contributed by atoms with Gasteiger partial charge in [0, 0.05) is 6.21 Å². The van der Waals surface area contributed by atoms with Crippen molar-refractivity contribution in [3.63, 3.8) is 0 Å². The fourth-order valence-electron chi connectivity index (χ4n) is 0.500. The van der Waals surface area contributed by atoms with Crippen molar-refractivity contribution in [1.82, 2.24) is 0 Å². The Balaban J connectivity index is 2.82. The molecule has 0 amide bonds. The summed E-state index contributed by atoms with van der Waals surface area (Å²) < 4.78 is 0. The fourth-order valence-corrected chi connectivity index (χ4v) is 0.500. The topological polar surface area (TPSA) is 37.1 Å². The van der Waals surface area contributed by atoms with Crippen molar-refractivity contribution in [2.24, 2.45) is 15.0 Å². The van der Waals surface area contributed by atoms with E-state index in [1.165, 1.54) is 12.7 Å². The Morgan fingerprint density at radius 3 is 2.67 bits per heavy atom. The van der Waals surface area contributed by atoms with Crippen LogP contribution in [0.5, 0.6) is 0 Å². The molecule has 0 aromatic carbocycles. The quantitative estimate of drug-likeness (QED) is 0.459. The number of hydrogen-bond donors (Lipinski definition) is 0. The summed E-state index contributed by atoms with van der Waals surface area (Å²) in [5.41, 5.74) is -0.184. The molecule has 1 rings (SSSR count). The van der Waals surface area contributed by atoms with E-state index in [1.807, 2.05) is 13.8 Å². The zero-order valence-corrected chi connectivity index (χ0v) is 5.57. The van der Waals surface area contributed by atoms with Gasteiger partial charge in [-0.15, -0.1) is 0 Å². The van der Waals surface area contributed by atoms with Crippen LogP contribution < -0.4 is 0 Å². The predicted molar refractivity (Wildman–Crippen MR) is 39.6 cm³/mol. The molecule has 0 aromatic heterocycles. The molecule has 0 bridgehead atoms. The van der Waals surface area contributed by atoms with Crippen molar-refractivity contribution >= 4 is 18.9 Å². The molecular weight excluding hydrogens is 114 g/mol. The molecule has 0 fully saturated rings. The lowest BCUT2D eigenvalue weighted by atomic mass is 10.1. The minimum absolute atomic E-state index is 0.184. The van der Waals surface area contributed by atoms with Gasteiger partial charge in [-0.25, -0.2) is 9.98 Å². The van der Waals surface area contributed by atoms with Crippen LogP contribution in [0.25, 0.3) is 0 Å². The molecule has 48 valence electrons. The molecule has 1 aliphatic rings. The molecule has 1 heterocycles. The van der Waals surface area contributed by atoms with Gasteiger partial charge >= 0.3 is 0 Å². The van der Waals surface area contributed by atoms with E-state index in [2.05, 4.69) is 15.0 Å². The van der Waals surface area contributed by atoms with Gasteiger partial charge in [0.15, 0.2) is 0 Å². The van der Waals surface area contributed by atoms with Gasteiger partial charge in [0.1, 0.15) is 12.7 Å². The Morgan fingerprint density at radius 1 is 1.11 bits per heavy atom. The van der Waals surface area contributed by atoms with Crippen LogP contribution in [0.1, 0.15) is 13.8 Å². The minimum Gasteiger partial charge on any atom is -0.262 e.